The number of hydrogen-bond acceptors (Lipinski definition) is 4. The van der Waals surface area contributed by atoms with Crippen LogP contribution in [0.1, 0.15) is 36.6 Å². The van der Waals surface area contributed by atoms with Crippen molar-refractivity contribution in [2.24, 2.45) is 5.92 Å². The van der Waals surface area contributed by atoms with Crippen molar-refractivity contribution in [3.8, 4) is 11.5 Å². The monoisotopic (exact) mass is 565 g/mol. The lowest BCUT2D eigenvalue weighted by Crippen LogP contribution is -2.72. The Morgan fingerprint density at radius 3 is 2.61 bits per heavy atom. The summed E-state index contributed by atoms with van der Waals surface area (Å²) in [7, 11) is 0. The first-order valence-corrected chi connectivity index (χ1v) is 13.1. The van der Waals surface area contributed by atoms with Gasteiger partial charge in [0, 0.05) is 21.4 Å². The Labute approximate surface area is 225 Å². The van der Waals surface area contributed by atoms with Crippen molar-refractivity contribution in [2.75, 3.05) is 16.8 Å². The Hall–Kier alpha value is -3.10. The molecular weight excluding hydrogens is 538 g/mol. The van der Waals surface area contributed by atoms with E-state index in [0.29, 0.717) is 17.5 Å². The fourth-order valence-corrected chi connectivity index (χ4v) is 5.96. The number of hydrogen-bond donors (Lipinski definition) is 2. The maximum absolute atomic E-state index is 14.0. The van der Waals surface area contributed by atoms with Crippen LogP contribution in [0.5, 0.6) is 11.5 Å². The number of carbonyl (C=O) groups excluding carboxylic acids is 1. The van der Waals surface area contributed by atoms with E-state index in [1.54, 1.807) is 0 Å². The fraction of sp³-hybridized carbons (Fsp3) is 0.286. The second kappa shape index (κ2) is 9.41. The number of fused-ring (bicyclic) bond motifs is 4. The predicted octanol–water partition coefficient (Wildman–Crippen LogP) is 6.26. The lowest BCUT2D eigenvalue weighted by atomic mass is 9.78. The van der Waals surface area contributed by atoms with Crippen LogP contribution in [0.15, 0.2) is 65.1 Å². The standard InChI is InChI=1S/C28H28BrN3O3S/c1-5-34-20-10-8-19(9-11-20)32-27(36)31-25-21-15-18(29)7-13-23(21)35-28(32,4)24(25)26(33)30-22-12-6-16(2)14-17(22)3/h6-15,24-25H,5H2,1-4H3,(H,30,33)(H,31,36)/t24-,25-,28-/m0/s1. The van der Waals surface area contributed by atoms with Crippen LogP contribution in [-0.4, -0.2) is 23.4 Å². The Morgan fingerprint density at radius 2 is 1.92 bits per heavy atom. The van der Waals surface area contributed by atoms with Gasteiger partial charge >= 0.3 is 0 Å². The SMILES string of the molecule is CCOc1ccc(N2C(=S)N[C@H]3c4cc(Br)ccc4O[C@@]2(C)[C@@H]3C(=O)Nc2ccc(C)cc2C)cc1. The van der Waals surface area contributed by atoms with Gasteiger partial charge in [0.05, 0.1) is 12.6 Å². The number of nitrogens with zero attached hydrogens (tertiary/aromatic N) is 1. The van der Waals surface area contributed by atoms with Crippen LogP contribution in [-0.2, 0) is 4.79 Å². The molecular formula is C28H28BrN3O3S. The molecule has 1 amide bonds. The van der Waals surface area contributed by atoms with E-state index < -0.39 is 11.6 Å². The van der Waals surface area contributed by atoms with Crippen LogP contribution in [0.4, 0.5) is 11.4 Å². The molecule has 36 heavy (non-hydrogen) atoms. The summed E-state index contributed by atoms with van der Waals surface area (Å²) in [6.45, 7) is 8.49. The van der Waals surface area contributed by atoms with Gasteiger partial charge in [0.2, 0.25) is 5.91 Å². The molecule has 6 nitrogen and oxygen atoms in total. The van der Waals surface area contributed by atoms with E-state index in [1.165, 1.54) is 0 Å². The normalized spacial score (nSPS) is 22.2. The first-order chi connectivity index (χ1) is 17.2. The molecule has 186 valence electrons. The molecule has 0 saturated carbocycles. The molecule has 3 aromatic rings. The van der Waals surface area contributed by atoms with Crippen LogP contribution in [0.3, 0.4) is 0 Å². The molecule has 1 saturated heterocycles. The van der Waals surface area contributed by atoms with Crippen LogP contribution in [0, 0.1) is 19.8 Å². The molecule has 2 N–H and O–H groups in total. The third kappa shape index (κ3) is 4.22. The molecule has 0 radical (unpaired) electrons. The van der Waals surface area contributed by atoms with Crippen molar-refractivity contribution in [3.63, 3.8) is 0 Å². The van der Waals surface area contributed by atoms with Crippen molar-refractivity contribution in [1.29, 1.82) is 0 Å². The number of thiocarbonyl (C=S) groups is 1. The van der Waals surface area contributed by atoms with Gasteiger partial charge in [0.15, 0.2) is 10.8 Å². The van der Waals surface area contributed by atoms with Crippen molar-refractivity contribution in [3.05, 3.63) is 81.8 Å². The Balaban J connectivity index is 1.59. The molecule has 0 aromatic heterocycles. The average Bonchev–Trinajstić information content (AvgIpc) is 2.82. The number of halogens is 1. The lowest BCUT2D eigenvalue weighted by Gasteiger charge is -2.56. The van der Waals surface area contributed by atoms with Crippen molar-refractivity contribution in [1.82, 2.24) is 5.32 Å². The van der Waals surface area contributed by atoms with E-state index in [2.05, 4.69) is 32.6 Å². The Bertz CT molecular complexity index is 1350. The number of rotatable bonds is 5. The van der Waals surface area contributed by atoms with Crippen molar-refractivity contribution < 1.29 is 14.3 Å². The van der Waals surface area contributed by atoms with Crippen molar-refractivity contribution in [2.45, 2.75) is 39.5 Å². The second-order valence-electron chi connectivity index (χ2n) is 9.31. The second-order valence-corrected chi connectivity index (χ2v) is 10.6. The van der Waals surface area contributed by atoms with Gasteiger partial charge in [-0.1, -0.05) is 33.6 Å². The summed E-state index contributed by atoms with van der Waals surface area (Å²) >= 11 is 9.41. The largest absolute Gasteiger partial charge is 0.494 e. The molecule has 2 aliphatic heterocycles. The molecule has 2 bridgehead atoms. The Morgan fingerprint density at radius 1 is 1.17 bits per heavy atom. The van der Waals surface area contributed by atoms with Gasteiger partial charge in [-0.3, -0.25) is 9.69 Å². The number of ether oxygens (including phenoxy) is 2. The zero-order chi connectivity index (χ0) is 25.6. The summed E-state index contributed by atoms with van der Waals surface area (Å²) in [4.78, 5) is 15.9. The quantitative estimate of drug-likeness (QED) is 0.356. The average molecular weight is 567 g/mol. The topological polar surface area (TPSA) is 62.8 Å². The van der Waals surface area contributed by atoms with Crippen LogP contribution in [0.2, 0.25) is 0 Å². The number of nitrogens with one attached hydrogen (secondary N) is 2. The maximum Gasteiger partial charge on any atom is 0.236 e. The van der Waals surface area contributed by atoms with E-state index in [1.807, 2.05) is 87.2 Å². The fourth-order valence-electron chi connectivity index (χ4n) is 5.17. The van der Waals surface area contributed by atoms with E-state index in [0.717, 1.165) is 38.3 Å². The van der Waals surface area contributed by atoms with Gasteiger partial charge in [-0.15, -0.1) is 0 Å². The highest BCUT2D eigenvalue weighted by molar-refractivity contribution is 9.10. The summed E-state index contributed by atoms with van der Waals surface area (Å²) in [6.07, 6.45) is 0. The molecule has 1 fully saturated rings. The van der Waals surface area contributed by atoms with Gasteiger partial charge in [0.1, 0.15) is 17.4 Å². The lowest BCUT2D eigenvalue weighted by molar-refractivity contribution is -0.130. The molecule has 5 rings (SSSR count). The zero-order valence-corrected chi connectivity index (χ0v) is 23.0. The summed E-state index contributed by atoms with van der Waals surface area (Å²) in [5.41, 5.74) is 3.54. The minimum atomic E-state index is -1.08. The number of carbonyl (C=O) groups is 1. The van der Waals surface area contributed by atoms with Gasteiger partial charge in [-0.25, -0.2) is 0 Å². The molecule has 0 spiro atoms. The summed E-state index contributed by atoms with van der Waals surface area (Å²) in [6, 6.07) is 19.1. The molecule has 3 aromatic carbocycles. The van der Waals surface area contributed by atoms with Crippen molar-refractivity contribution >= 4 is 50.5 Å². The summed E-state index contributed by atoms with van der Waals surface area (Å²) in [5.74, 6) is 0.723. The third-order valence-corrected chi connectivity index (χ3v) is 7.58. The summed E-state index contributed by atoms with van der Waals surface area (Å²) < 4.78 is 13.2. The highest BCUT2D eigenvalue weighted by Crippen LogP contribution is 2.50. The molecule has 2 heterocycles. The van der Waals surface area contributed by atoms with E-state index in [4.69, 9.17) is 21.7 Å². The maximum atomic E-state index is 14.0. The van der Waals surface area contributed by atoms with E-state index in [-0.39, 0.29) is 11.9 Å². The van der Waals surface area contributed by atoms with Crippen LogP contribution < -0.4 is 25.0 Å². The Kier molecular flexibility index (Phi) is 6.43. The minimum absolute atomic E-state index is 0.147. The molecule has 8 heteroatoms. The number of amides is 1. The molecule has 3 atom stereocenters. The van der Waals surface area contributed by atoms with E-state index >= 15 is 0 Å². The molecule has 0 unspecified atom stereocenters. The highest BCUT2D eigenvalue weighted by atomic mass is 79.9. The van der Waals surface area contributed by atoms with Gasteiger partial charge < -0.3 is 20.1 Å². The number of benzene rings is 3. The van der Waals surface area contributed by atoms with Crippen LogP contribution in [0.25, 0.3) is 0 Å². The summed E-state index contributed by atoms with van der Waals surface area (Å²) in [5, 5.41) is 7.10. The highest BCUT2D eigenvalue weighted by Gasteiger charge is 2.59. The molecule has 0 aliphatic carbocycles. The number of anilines is 2. The first-order valence-electron chi connectivity index (χ1n) is 11.9. The molecule has 2 aliphatic rings. The zero-order valence-electron chi connectivity index (χ0n) is 20.6. The van der Waals surface area contributed by atoms with Gasteiger partial charge in [0.25, 0.3) is 0 Å². The number of aryl methyl sites for hydroxylation is 2. The predicted molar refractivity (Wildman–Crippen MR) is 150 cm³/mol. The van der Waals surface area contributed by atoms with E-state index in [9.17, 15) is 4.79 Å². The smallest absolute Gasteiger partial charge is 0.236 e. The van der Waals surface area contributed by atoms with Gasteiger partial charge in [-0.05, 0) is 94.0 Å². The first kappa shape index (κ1) is 24.6. The van der Waals surface area contributed by atoms with Crippen LogP contribution >= 0.6 is 28.1 Å². The van der Waals surface area contributed by atoms with Gasteiger partial charge in [-0.2, -0.15) is 0 Å². The third-order valence-electron chi connectivity index (χ3n) is 6.79. The minimum Gasteiger partial charge on any atom is -0.494 e.